The van der Waals surface area contributed by atoms with Crippen molar-refractivity contribution in [3.63, 3.8) is 0 Å². The number of halogens is 1. The second-order valence-electron chi connectivity index (χ2n) is 3.71. The van der Waals surface area contributed by atoms with E-state index in [1.54, 1.807) is 18.2 Å². The van der Waals surface area contributed by atoms with Gasteiger partial charge in [0.05, 0.1) is 0 Å². The van der Waals surface area contributed by atoms with E-state index in [0.29, 0.717) is 10.8 Å². The fraction of sp³-hybridized carbons (Fsp3) is 0.500. The lowest BCUT2D eigenvalue weighted by atomic mass is 10.2. The van der Waals surface area contributed by atoms with E-state index in [2.05, 4.69) is 17.2 Å². The minimum absolute atomic E-state index is 0.155. The van der Waals surface area contributed by atoms with Crippen LogP contribution < -0.4 is 5.32 Å². The van der Waals surface area contributed by atoms with E-state index < -0.39 is 0 Å². The first kappa shape index (κ1) is 14.3. The molecule has 0 aliphatic rings. The molecule has 17 heavy (non-hydrogen) atoms. The maximum Gasteiger partial charge on any atom is 0.270 e. The molecular weight excluding hydrogens is 256 g/mol. The molecular formula is C12H17ClN2OS. The summed E-state index contributed by atoms with van der Waals surface area (Å²) in [5, 5.41) is 3.25. The third kappa shape index (κ3) is 5.41. The normalized spacial score (nSPS) is 12.2. The van der Waals surface area contributed by atoms with E-state index in [0.717, 1.165) is 17.9 Å². The van der Waals surface area contributed by atoms with Crippen LogP contribution >= 0.6 is 23.4 Å². The minimum Gasteiger partial charge on any atom is -0.348 e. The quantitative estimate of drug-likeness (QED) is 0.639. The summed E-state index contributed by atoms with van der Waals surface area (Å²) in [7, 11) is 0. The Labute approximate surface area is 111 Å². The highest BCUT2D eigenvalue weighted by molar-refractivity contribution is 7.99. The second kappa shape index (κ2) is 7.56. The number of rotatable bonds is 6. The van der Waals surface area contributed by atoms with Gasteiger partial charge < -0.3 is 5.32 Å². The molecule has 0 spiro atoms. The Morgan fingerprint density at radius 1 is 1.59 bits per heavy atom. The van der Waals surface area contributed by atoms with E-state index in [1.807, 2.05) is 18.7 Å². The molecule has 1 unspecified atom stereocenters. The molecule has 5 heteroatoms. The number of hydrogen-bond donors (Lipinski definition) is 1. The number of aromatic nitrogens is 1. The topological polar surface area (TPSA) is 42.0 Å². The number of hydrogen-bond acceptors (Lipinski definition) is 3. The van der Waals surface area contributed by atoms with Gasteiger partial charge in [-0.25, -0.2) is 4.98 Å². The summed E-state index contributed by atoms with van der Waals surface area (Å²) < 4.78 is 0. The van der Waals surface area contributed by atoms with Crippen molar-refractivity contribution >= 4 is 29.3 Å². The van der Waals surface area contributed by atoms with Crippen LogP contribution in [0.1, 0.15) is 30.8 Å². The van der Waals surface area contributed by atoms with Crippen LogP contribution in [0.3, 0.4) is 0 Å². The molecule has 94 valence electrons. The predicted molar refractivity (Wildman–Crippen MR) is 73.8 cm³/mol. The van der Waals surface area contributed by atoms with Gasteiger partial charge in [0.15, 0.2) is 0 Å². The number of nitrogens with one attached hydrogen (secondary N) is 1. The zero-order chi connectivity index (χ0) is 12.7. The molecule has 0 radical (unpaired) electrons. The molecule has 0 aliphatic heterocycles. The summed E-state index contributed by atoms with van der Waals surface area (Å²) in [6.07, 6.45) is 0.963. The number of amides is 1. The molecule has 0 saturated heterocycles. The van der Waals surface area contributed by atoms with Crippen LogP contribution in [0.4, 0.5) is 0 Å². The third-order valence-electron chi connectivity index (χ3n) is 2.22. The summed E-state index contributed by atoms with van der Waals surface area (Å²) in [5.74, 6) is 2.00. The lowest BCUT2D eigenvalue weighted by molar-refractivity contribution is 0.0934. The molecule has 3 nitrogen and oxygen atoms in total. The number of carbonyl (C=O) groups is 1. The highest BCUT2D eigenvalue weighted by atomic mass is 35.5. The SMILES string of the molecule is CCSCCC(C)NC(=O)c1cccc(Cl)n1. The molecule has 1 N–H and O–H groups in total. The van der Waals surface area contributed by atoms with Gasteiger partial charge in [-0.05, 0) is 37.0 Å². The molecule has 1 amide bonds. The van der Waals surface area contributed by atoms with Gasteiger partial charge in [-0.15, -0.1) is 0 Å². The Balaban J connectivity index is 2.43. The van der Waals surface area contributed by atoms with Crippen molar-refractivity contribution in [2.75, 3.05) is 11.5 Å². The monoisotopic (exact) mass is 272 g/mol. The molecule has 1 aromatic heterocycles. The van der Waals surface area contributed by atoms with Crippen molar-refractivity contribution in [2.24, 2.45) is 0 Å². The van der Waals surface area contributed by atoms with Crippen LogP contribution in [-0.4, -0.2) is 28.4 Å². The van der Waals surface area contributed by atoms with Crippen LogP contribution in [0, 0.1) is 0 Å². The predicted octanol–water partition coefficient (Wildman–Crippen LogP) is 3.00. The Morgan fingerprint density at radius 2 is 2.35 bits per heavy atom. The zero-order valence-electron chi connectivity index (χ0n) is 10.1. The molecule has 1 aromatic rings. The first-order valence-electron chi connectivity index (χ1n) is 5.64. The van der Waals surface area contributed by atoms with Crippen molar-refractivity contribution < 1.29 is 4.79 Å². The molecule has 0 aromatic carbocycles. The molecule has 1 rings (SSSR count). The van der Waals surface area contributed by atoms with Crippen molar-refractivity contribution in [1.82, 2.24) is 10.3 Å². The molecule has 0 saturated carbocycles. The standard InChI is InChI=1S/C12H17ClN2OS/c1-3-17-8-7-9(2)14-12(16)10-5-4-6-11(13)15-10/h4-6,9H,3,7-8H2,1-2H3,(H,14,16). The second-order valence-corrected chi connectivity index (χ2v) is 5.49. The van der Waals surface area contributed by atoms with Gasteiger partial charge in [0.25, 0.3) is 5.91 Å². The molecule has 1 atom stereocenters. The van der Waals surface area contributed by atoms with E-state index >= 15 is 0 Å². The highest BCUT2D eigenvalue weighted by Gasteiger charge is 2.10. The van der Waals surface area contributed by atoms with Crippen molar-refractivity contribution in [3.8, 4) is 0 Å². The summed E-state index contributed by atoms with van der Waals surface area (Å²) in [6, 6.07) is 5.19. The maximum atomic E-state index is 11.8. The van der Waals surface area contributed by atoms with Crippen LogP contribution in [0.5, 0.6) is 0 Å². The lowest BCUT2D eigenvalue weighted by Crippen LogP contribution is -2.33. The number of thioether (sulfide) groups is 1. The van der Waals surface area contributed by atoms with Crippen molar-refractivity contribution in [3.05, 3.63) is 29.0 Å². The van der Waals surface area contributed by atoms with Crippen molar-refractivity contribution in [1.29, 1.82) is 0 Å². The van der Waals surface area contributed by atoms with Crippen LogP contribution in [0.25, 0.3) is 0 Å². The van der Waals surface area contributed by atoms with Gasteiger partial charge >= 0.3 is 0 Å². The minimum atomic E-state index is -0.165. The smallest absolute Gasteiger partial charge is 0.270 e. The Bertz CT molecular complexity index is 373. The molecule has 0 fully saturated rings. The van der Waals surface area contributed by atoms with Gasteiger partial charge in [-0.2, -0.15) is 11.8 Å². The van der Waals surface area contributed by atoms with E-state index in [9.17, 15) is 4.79 Å². The van der Waals surface area contributed by atoms with Crippen molar-refractivity contribution in [2.45, 2.75) is 26.3 Å². The number of carbonyl (C=O) groups excluding carboxylic acids is 1. The summed E-state index contributed by atoms with van der Waals surface area (Å²) in [5.41, 5.74) is 0.368. The van der Waals surface area contributed by atoms with E-state index in [4.69, 9.17) is 11.6 Å². The first-order valence-corrected chi connectivity index (χ1v) is 7.18. The maximum absolute atomic E-state index is 11.8. The Hall–Kier alpha value is -0.740. The third-order valence-corrected chi connectivity index (χ3v) is 3.37. The summed E-state index contributed by atoms with van der Waals surface area (Å²) in [4.78, 5) is 15.8. The number of nitrogens with zero attached hydrogens (tertiary/aromatic N) is 1. The van der Waals surface area contributed by atoms with Crippen LogP contribution in [-0.2, 0) is 0 Å². The Morgan fingerprint density at radius 3 is 3.00 bits per heavy atom. The molecule has 0 bridgehead atoms. The van der Waals surface area contributed by atoms with Gasteiger partial charge in [0, 0.05) is 6.04 Å². The van der Waals surface area contributed by atoms with Gasteiger partial charge in [-0.1, -0.05) is 24.6 Å². The fourth-order valence-electron chi connectivity index (χ4n) is 1.31. The average molecular weight is 273 g/mol. The fourth-order valence-corrected chi connectivity index (χ4v) is 2.28. The average Bonchev–Trinajstić information content (AvgIpc) is 2.29. The summed E-state index contributed by atoms with van der Waals surface area (Å²) in [6.45, 7) is 4.13. The van der Waals surface area contributed by atoms with Crippen LogP contribution in [0.2, 0.25) is 5.15 Å². The summed E-state index contributed by atoms with van der Waals surface area (Å²) >= 11 is 7.61. The Kier molecular flexibility index (Phi) is 6.37. The van der Waals surface area contributed by atoms with Gasteiger partial charge in [0.2, 0.25) is 0 Å². The number of pyridine rings is 1. The van der Waals surface area contributed by atoms with Gasteiger partial charge in [0.1, 0.15) is 10.8 Å². The van der Waals surface area contributed by atoms with Crippen LogP contribution in [0.15, 0.2) is 18.2 Å². The molecule has 0 aliphatic carbocycles. The molecule has 1 heterocycles. The van der Waals surface area contributed by atoms with E-state index in [1.165, 1.54) is 0 Å². The first-order chi connectivity index (χ1) is 8.13. The lowest BCUT2D eigenvalue weighted by Gasteiger charge is -2.13. The van der Waals surface area contributed by atoms with Gasteiger partial charge in [-0.3, -0.25) is 4.79 Å². The zero-order valence-corrected chi connectivity index (χ0v) is 11.6. The van der Waals surface area contributed by atoms with E-state index in [-0.39, 0.29) is 11.9 Å². The largest absolute Gasteiger partial charge is 0.348 e. The highest BCUT2D eigenvalue weighted by Crippen LogP contribution is 2.07.